The second kappa shape index (κ2) is 13.8. The van der Waals surface area contributed by atoms with E-state index in [2.05, 4.69) is 0 Å². The van der Waals surface area contributed by atoms with E-state index < -0.39 is 97.9 Å². The summed E-state index contributed by atoms with van der Waals surface area (Å²) in [5.41, 5.74) is 0. The molecule has 216 valence electrons. The smallest absolute Gasteiger partial charge is 0.337 e. The molecule has 2 aliphatic heterocycles. The molecule has 0 unspecified atom stereocenters. The Balaban J connectivity index is 2.44. The van der Waals surface area contributed by atoms with Gasteiger partial charge in [0.25, 0.3) is 0 Å². The third kappa shape index (κ3) is 7.81. The van der Waals surface area contributed by atoms with E-state index in [4.69, 9.17) is 42.6 Å². The summed E-state index contributed by atoms with van der Waals surface area (Å²) >= 11 is 0. The molecular formula is C22H32O16. The van der Waals surface area contributed by atoms with Crippen molar-refractivity contribution in [2.24, 2.45) is 0 Å². The fourth-order valence-electron chi connectivity index (χ4n) is 3.95. The monoisotopic (exact) mass is 552 g/mol. The molecule has 0 aromatic rings. The van der Waals surface area contributed by atoms with Crippen LogP contribution in [-0.2, 0) is 66.6 Å². The van der Waals surface area contributed by atoms with Crippen LogP contribution in [0.4, 0.5) is 0 Å². The van der Waals surface area contributed by atoms with Crippen LogP contribution < -0.4 is 0 Å². The molecule has 0 aromatic carbocycles. The van der Waals surface area contributed by atoms with E-state index in [0.29, 0.717) is 0 Å². The number of ether oxygens (including phenoxy) is 9. The van der Waals surface area contributed by atoms with Crippen LogP contribution in [0.15, 0.2) is 0 Å². The molecule has 2 fully saturated rings. The molecule has 0 spiro atoms. The van der Waals surface area contributed by atoms with Gasteiger partial charge in [0.05, 0.1) is 7.11 Å². The zero-order valence-electron chi connectivity index (χ0n) is 21.6. The van der Waals surface area contributed by atoms with Crippen molar-refractivity contribution >= 4 is 29.8 Å². The first-order chi connectivity index (χ1) is 17.8. The van der Waals surface area contributed by atoms with Crippen molar-refractivity contribution in [2.75, 3.05) is 20.8 Å². The van der Waals surface area contributed by atoms with Crippen molar-refractivity contribution in [1.29, 1.82) is 0 Å². The van der Waals surface area contributed by atoms with E-state index in [1.54, 1.807) is 0 Å². The van der Waals surface area contributed by atoms with Crippen molar-refractivity contribution in [1.82, 2.24) is 0 Å². The van der Waals surface area contributed by atoms with Gasteiger partial charge in [0.2, 0.25) is 0 Å². The molecule has 2 N–H and O–H groups in total. The van der Waals surface area contributed by atoms with Crippen molar-refractivity contribution in [3.63, 3.8) is 0 Å². The fourth-order valence-corrected chi connectivity index (χ4v) is 3.95. The Morgan fingerprint density at radius 3 is 1.74 bits per heavy atom. The minimum Gasteiger partial charge on any atom is -0.467 e. The van der Waals surface area contributed by atoms with Gasteiger partial charge in [-0.15, -0.1) is 0 Å². The van der Waals surface area contributed by atoms with Gasteiger partial charge in [0, 0.05) is 34.8 Å². The minimum atomic E-state index is -1.87. The number of rotatable bonds is 9. The van der Waals surface area contributed by atoms with E-state index in [-0.39, 0.29) is 0 Å². The summed E-state index contributed by atoms with van der Waals surface area (Å²) in [6.07, 6.45) is -16.1. The lowest BCUT2D eigenvalue weighted by atomic mass is 9.96. The van der Waals surface area contributed by atoms with Crippen LogP contribution in [0.2, 0.25) is 0 Å². The lowest BCUT2D eigenvalue weighted by molar-refractivity contribution is -0.353. The first-order valence-electron chi connectivity index (χ1n) is 11.4. The molecule has 16 nitrogen and oxygen atoms in total. The highest BCUT2D eigenvalue weighted by Gasteiger charge is 2.56. The summed E-state index contributed by atoms with van der Waals surface area (Å²) < 4.78 is 47.1. The number of hydrogen-bond acceptors (Lipinski definition) is 16. The Hall–Kier alpha value is -2.89. The number of methoxy groups -OCH3 is 2. The molecule has 10 atom stereocenters. The number of esters is 5. The molecule has 2 rings (SSSR count). The maximum absolute atomic E-state index is 12.5. The van der Waals surface area contributed by atoms with Gasteiger partial charge in [-0.25, -0.2) is 4.79 Å². The second-order valence-corrected chi connectivity index (χ2v) is 8.33. The molecule has 0 bridgehead atoms. The zero-order chi connectivity index (χ0) is 28.7. The Labute approximate surface area is 217 Å². The molecule has 38 heavy (non-hydrogen) atoms. The molecule has 0 saturated carbocycles. The number of carbonyl (C=O) groups is 5. The van der Waals surface area contributed by atoms with E-state index >= 15 is 0 Å². The predicted octanol–water partition coefficient (Wildman–Crippen LogP) is -2.28. The molecule has 2 heterocycles. The Morgan fingerprint density at radius 1 is 0.684 bits per heavy atom. The molecule has 0 aromatic heterocycles. The molecule has 0 aliphatic carbocycles. The van der Waals surface area contributed by atoms with Gasteiger partial charge < -0.3 is 52.8 Å². The fraction of sp³-hybridized carbons (Fsp3) is 0.773. The van der Waals surface area contributed by atoms with E-state index in [9.17, 15) is 34.2 Å². The summed E-state index contributed by atoms with van der Waals surface area (Å²) in [5, 5.41) is 22.0. The number of carbonyl (C=O) groups excluding carboxylic acids is 5. The van der Waals surface area contributed by atoms with Gasteiger partial charge in [0.15, 0.2) is 37.0 Å². The average Bonchev–Trinajstić information content (AvgIpc) is 2.83. The van der Waals surface area contributed by atoms with Crippen molar-refractivity contribution in [3.8, 4) is 0 Å². The third-order valence-corrected chi connectivity index (χ3v) is 5.45. The summed E-state index contributed by atoms with van der Waals surface area (Å²) in [5.74, 6) is -4.26. The maximum Gasteiger partial charge on any atom is 0.337 e. The quantitative estimate of drug-likeness (QED) is 0.228. The summed E-state index contributed by atoms with van der Waals surface area (Å²) in [6, 6.07) is 0. The first kappa shape index (κ1) is 31.3. The molecule has 16 heteroatoms. The lowest BCUT2D eigenvalue weighted by Crippen LogP contribution is -2.66. The molecule has 2 saturated heterocycles. The Bertz CT molecular complexity index is 875. The SMILES string of the molecule is COC(=O)[C@@H]1O[C@@H](OC)[C@H](OC(C)=O)[C@@H](O)[C@@H]1O[C@H]1O[C@H](COC(C)=O)[C@@H](OC(C)=O)[C@H](OC(C)=O)[C@H]1O. The largest absolute Gasteiger partial charge is 0.467 e. The van der Waals surface area contributed by atoms with Crippen LogP contribution in [0, 0.1) is 0 Å². The Kier molecular flexibility index (Phi) is 11.4. The topological polar surface area (TPSA) is 209 Å². The summed E-state index contributed by atoms with van der Waals surface area (Å²) in [6.45, 7) is 3.73. The standard InChI is InChI=1S/C22H32O16/c1-8(23)32-7-12-15(33-9(2)24)17(34-10(3)25)14(28)21(36-12)37-16-13(27)18(35-11(4)26)22(31-6)38-19(16)20(29)30-5/h12-19,21-22,27-28H,7H2,1-6H3/t12-,13+,14-,15-,16+,17-,18-,19-,21-,22-/m1/s1. The van der Waals surface area contributed by atoms with E-state index in [1.807, 2.05) is 0 Å². The highest BCUT2D eigenvalue weighted by Crippen LogP contribution is 2.33. The highest BCUT2D eigenvalue weighted by molar-refractivity contribution is 5.75. The van der Waals surface area contributed by atoms with Crippen LogP contribution in [0.1, 0.15) is 27.7 Å². The lowest BCUT2D eigenvalue weighted by Gasteiger charge is -2.46. The van der Waals surface area contributed by atoms with Crippen LogP contribution in [0.25, 0.3) is 0 Å². The van der Waals surface area contributed by atoms with Gasteiger partial charge in [-0.2, -0.15) is 0 Å². The molecule has 0 amide bonds. The van der Waals surface area contributed by atoms with Crippen molar-refractivity contribution < 1.29 is 76.8 Å². The molecule has 0 radical (unpaired) electrons. The second-order valence-electron chi connectivity index (χ2n) is 8.33. The zero-order valence-corrected chi connectivity index (χ0v) is 21.6. The van der Waals surface area contributed by atoms with Crippen LogP contribution in [0.5, 0.6) is 0 Å². The van der Waals surface area contributed by atoms with Gasteiger partial charge >= 0.3 is 29.8 Å². The normalized spacial score (nSPS) is 34.9. The maximum atomic E-state index is 12.5. The minimum absolute atomic E-state index is 0.524. The molecular weight excluding hydrogens is 520 g/mol. The van der Waals surface area contributed by atoms with Gasteiger partial charge in [-0.1, -0.05) is 0 Å². The van der Waals surface area contributed by atoms with E-state index in [1.165, 1.54) is 7.11 Å². The number of aliphatic hydroxyl groups is 2. The third-order valence-electron chi connectivity index (χ3n) is 5.45. The van der Waals surface area contributed by atoms with Gasteiger partial charge in [0.1, 0.15) is 31.0 Å². The van der Waals surface area contributed by atoms with Crippen LogP contribution >= 0.6 is 0 Å². The highest BCUT2D eigenvalue weighted by atomic mass is 16.8. The predicted molar refractivity (Wildman–Crippen MR) is 117 cm³/mol. The average molecular weight is 552 g/mol. The van der Waals surface area contributed by atoms with E-state index in [0.717, 1.165) is 34.8 Å². The summed E-state index contributed by atoms with van der Waals surface area (Å²) in [7, 11) is 2.21. The number of hydrogen-bond donors (Lipinski definition) is 2. The van der Waals surface area contributed by atoms with Crippen LogP contribution in [0.3, 0.4) is 0 Å². The Morgan fingerprint density at radius 2 is 1.24 bits per heavy atom. The molecule has 2 aliphatic rings. The summed E-state index contributed by atoms with van der Waals surface area (Å²) in [4.78, 5) is 59.0. The number of aliphatic hydroxyl groups excluding tert-OH is 2. The first-order valence-corrected chi connectivity index (χ1v) is 11.4. The van der Waals surface area contributed by atoms with Gasteiger partial charge in [-0.3, -0.25) is 19.2 Å². The van der Waals surface area contributed by atoms with Crippen molar-refractivity contribution in [2.45, 2.75) is 89.1 Å². The van der Waals surface area contributed by atoms with Crippen LogP contribution in [-0.4, -0.2) is 122 Å². The van der Waals surface area contributed by atoms with Gasteiger partial charge in [-0.05, 0) is 0 Å². The van der Waals surface area contributed by atoms with Crippen molar-refractivity contribution in [3.05, 3.63) is 0 Å².